The summed E-state index contributed by atoms with van der Waals surface area (Å²) in [6, 6.07) is 15.4. The number of anilines is 5. The van der Waals surface area contributed by atoms with Crippen LogP contribution in [0.5, 0.6) is 11.5 Å². The molecule has 19 nitrogen and oxygen atoms in total. The molecular formula is C49H59Cl2N11O8S. The number of aryl methyl sites for hydroxylation is 1. The van der Waals surface area contributed by atoms with Crippen LogP contribution in [-0.2, 0) is 20.1 Å². The van der Waals surface area contributed by atoms with E-state index in [1.165, 1.54) is 61.7 Å². The maximum Gasteiger partial charge on any atom is 0.327 e. The van der Waals surface area contributed by atoms with Gasteiger partial charge in [0.25, 0.3) is 0 Å². The van der Waals surface area contributed by atoms with Gasteiger partial charge >= 0.3 is 6.03 Å². The van der Waals surface area contributed by atoms with Crippen molar-refractivity contribution in [2.45, 2.75) is 65.0 Å². The van der Waals surface area contributed by atoms with Crippen molar-refractivity contribution >= 4 is 87.0 Å². The summed E-state index contributed by atoms with van der Waals surface area (Å²) >= 11 is 14.4. The van der Waals surface area contributed by atoms with E-state index < -0.39 is 47.2 Å². The Kier molecular flexibility index (Phi) is 16.3. The number of piperazine rings is 1. The Balaban J connectivity index is 0.903. The molecule has 5 aromatic rings. The summed E-state index contributed by atoms with van der Waals surface area (Å²) in [5, 5.41) is 34.0. The first-order valence-corrected chi connectivity index (χ1v) is 24.4. The predicted molar refractivity (Wildman–Crippen MR) is 275 cm³/mol. The van der Waals surface area contributed by atoms with Gasteiger partial charge in [0.2, 0.25) is 17.7 Å². The van der Waals surface area contributed by atoms with E-state index in [1.807, 2.05) is 69.0 Å². The van der Waals surface area contributed by atoms with Gasteiger partial charge in [-0.25, -0.2) is 19.7 Å². The maximum atomic E-state index is 14.3. The quantitative estimate of drug-likeness (QED) is 0.0639. The Hall–Kier alpha value is -6.29. The minimum Gasteiger partial charge on any atom is -0.495 e. The molecule has 22 heteroatoms. The minimum absolute atomic E-state index is 0.0230. The number of hydrogen-bond acceptors (Lipinski definition) is 15. The number of nitrogens with zero attached hydrogens (tertiary/aromatic N) is 7. The van der Waals surface area contributed by atoms with Crippen molar-refractivity contribution < 1.29 is 38.9 Å². The van der Waals surface area contributed by atoms with Gasteiger partial charge in [0.15, 0.2) is 5.72 Å². The fraction of sp³-hybridized carbons (Fsp3) is 0.408. The van der Waals surface area contributed by atoms with Crippen molar-refractivity contribution in [2.24, 2.45) is 5.41 Å². The highest BCUT2D eigenvalue weighted by molar-refractivity contribution is 7.13. The van der Waals surface area contributed by atoms with E-state index in [2.05, 4.69) is 41.1 Å². The molecule has 2 fully saturated rings. The number of ether oxygens (including phenoxy) is 2. The Morgan fingerprint density at radius 3 is 2.15 bits per heavy atom. The number of β-amino-alcohol motifs (C(OH)–C–C–N with tert-alkyl or cyclic N) is 1. The van der Waals surface area contributed by atoms with Crippen molar-refractivity contribution in [1.29, 1.82) is 0 Å². The lowest BCUT2D eigenvalue weighted by Crippen LogP contribution is -2.60. The van der Waals surface area contributed by atoms with Crippen molar-refractivity contribution in [2.75, 3.05) is 81.0 Å². The highest BCUT2D eigenvalue weighted by Crippen LogP contribution is 2.44. The molecular weight excluding hydrogens is 974 g/mol. The lowest BCUT2D eigenvalue weighted by Gasteiger charge is -2.38. The molecule has 5 amide bonds. The predicted octanol–water partition coefficient (Wildman–Crippen LogP) is 6.24. The summed E-state index contributed by atoms with van der Waals surface area (Å²) in [5.41, 5.74) is 3.36. The average molecular weight is 1030 g/mol. The first-order chi connectivity index (χ1) is 33.7. The summed E-state index contributed by atoms with van der Waals surface area (Å²) in [6.07, 6.45) is 0.342. The van der Waals surface area contributed by atoms with E-state index in [4.69, 9.17) is 32.7 Å². The number of halogens is 2. The molecule has 0 radical (unpaired) electrons. The van der Waals surface area contributed by atoms with Crippen LogP contribution in [0.1, 0.15) is 45.4 Å². The van der Waals surface area contributed by atoms with Crippen LogP contribution < -0.4 is 40.5 Å². The molecule has 3 aromatic carbocycles. The topological polar surface area (TPSA) is 227 Å². The first-order valence-electron chi connectivity index (χ1n) is 22.8. The number of aromatic nitrogens is 3. The molecule has 4 heterocycles. The van der Waals surface area contributed by atoms with Gasteiger partial charge < -0.3 is 50.8 Å². The van der Waals surface area contributed by atoms with Crippen molar-refractivity contribution in [3.63, 3.8) is 0 Å². The molecule has 0 unspecified atom stereocenters. The van der Waals surface area contributed by atoms with Crippen LogP contribution in [0, 0.1) is 12.3 Å². The Morgan fingerprint density at radius 1 is 0.915 bits per heavy atom. The number of thiazole rings is 1. The number of carbonyl (C=O) groups is 4. The minimum atomic E-state index is -1.78. The first kappa shape index (κ1) is 52.5. The summed E-state index contributed by atoms with van der Waals surface area (Å²) in [5.74, 6) is -0.183. The van der Waals surface area contributed by atoms with E-state index in [0.717, 1.165) is 27.5 Å². The van der Waals surface area contributed by atoms with Gasteiger partial charge in [-0.2, -0.15) is 0 Å². The number of amides is 5. The molecule has 71 heavy (non-hydrogen) atoms. The van der Waals surface area contributed by atoms with Crippen LogP contribution in [0.4, 0.5) is 33.5 Å². The summed E-state index contributed by atoms with van der Waals surface area (Å²) < 4.78 is 10.6. The zero-order valence-corrected chi connectivity index (χ0v) is 43.1. The number of likely N-dealkylation sites (tertiary alicyclic amines) is 1. The summed E-state index contributed by atoms with van der Waals surface area (Å²) in [7, 11) is 4.41. The number of nitrogens with one attached hydrogen (secondary N) is 4. The third kappa shape index (κ3) is 12.3. The zero-order valence-electron chi connectivity index (χ0n) is 40.7. The lowest BCUT2D eigenvalue weighted by atomic mass is 9.85. The molecule has 4 atom stereocenters. The SMILES string of the molecule is COc1cc(OC)c(Cl)c(NC(=O)N(C)c2cc(Nc3ccc(N4CCN(CC(=O)N[C@H](C(=O)N5C[C@@H](O)C[C@H]5C(=O)N[C@](C)(O)c5ccc(-c6scnc6C)cc5)C(C)(C)C)CC4)cc3)ncn2)c1Cl. The van der Waals surface area contributed by atoms with Crippen molar-refractivity contribution in [3.05, 3.63) is 93.8 Å². The van der Waals surface area contributed by atoms with Crippen LogP contribution in [0.3, 0.4) is 0 Å². The van der Waals surface area contributed by atoms with Crippen LogP contribution >= 0.6 is 34.5 Å². The van der Waals surface area contributed by atoms with E-state index in [9.17, 15) is 29.4 Å². The van der Waals surface area contributed by atoms with Gasteiger partial charge in [0, 0.05) is 75.3 Å². The Bertz CT molecular complexity index is 2700. The summed E-state index contributed by atoms with van der Waals surface area (Å²) in [6.45, 7) is 11.3. The molecule has 6 N–H and O–H groups in total. The van der Waals surface area contributed by atoms with Gasteiger partial charge in [-0.15, -0.1) is 11.3 Å². The average Bonchev–Trinajstić information content (AvgIpc) is 3.97. The Morgan fingerprint density at radius 2 is 1.56 bits per heavy atom. The van der Waals surface area contributed by atoms with Crippen molar-refractivity contribution in [3.8, 4) is 21.9 Å². The number of benzene rings is 3. The van der Waals surface area contributed by atoms with Crippen LogP contribution in [-0.4, -0.2) is 137 Å². The molecule has 2 aromatic heterocycles. The van der Waals surface area contributed by atoms with Gasteiger partial charge in [-0.1, -0.05) is 68.2 Å². The van der Waals surface area contributed by atoms with E-state index in [-0.39, 0.29) is 52.6 Å². The van der Waals surface area contributed by atoms with Crippen molar-refractivity contribution in [1.82, 2.24) is 35.4 Å². The third-order valence-electron chi connectivity index (χ3n) is 12.5. The molecule has 2 aliphatic rings. The zero-order chi connectivity index (χ0) is 51.4. The van der Waals surface area contributed by atoms with E-state index in [1.54, 1.807) is 23.7 Å². The van der Waals surface area contributed by atoms with E-state index in [0.29, 0.717) is 43.4 Å². The second-order valence-electron chi connectivity index (χ2n) is 18.6. The molecule has 0 saturated carbocycles. The Labute approximate surface area is 426 Å². The van der Waals surface area contributed by atoms with Crippen LogP contribution in [0.25, 0.3) is 10.4 Å². The normalized spacial score (nSPS) is 17.5. The molecule has 7 rings (SSSR count). The second-order valence-corrected chi connectivity index (χ2v) is 20.2. The number of urea groups is 1. The number of methoxy groups -OCH3 is 2. The molecule has 0 bridgehead atoms. The standard InChI is InChI=1S/C49H59Cl2N11O8S/c1-28-43(71-27-54-28)29-9-11-30(12-10-29)49(5,68)58-45(65)34-21-33(63)24-62(34)46(66)44(48(2,3)4)56-39(64)25-60-17-19-61(20-18-60)32-15-13-31(14-16-32)55-37-23-38(53-26-52-37)59(6)47(67)57-42-40(50)35(69-7)22-36(70-8)41(42)51/h9-16,22-23,26-27,33-34,44,63,68H,17-21,24-25H2,1-8H3,(H,56,64)(H,57,67)(H,58,65)(H,52,53,55)/t33-,34-,44+,49+/m0/s1. The second kappa shape index (κ2) is 22.0. The van der Waals surface area contributed by atoms with Gasteiger partial charge in [-0.3, -0.25) is 24.2 Å². The molecule has 0 aliphatic carbocycles. The number of carbonyl (C=O) groups excluding carboxylic acids is 4. The third-order valence-corrected chi connectivity index (χ3v) is 14.2. The number of rotatable bonds is 15. The van der Waals surface area contributed by atoms with Crippen LogP contribution in [0.2, 0.25) is 10.0 Å². The van der Waals surface area contributed by atoms with Gasteiger partial charge in [0.1, 0.15) is 51.6 Å². The largest absolute Gasteiger partial charge is 0.495 e. The fourth-order valence-corrected chi connectivity index (χ4v) is 9.81. The highest BCUT2D eigenvalue weighted by Gasteiger charge is 2.46. The monoisotopic (exact) mass is 1030 g/mol. The fourth-order valence-electron chi connectivity index (χ4n) is 8.41. The molecule has 2 aliphatic heterocycles. The lowest BCUT2D eigenvalue weighted by molar-refractivity contribution is -0.146. The molecule has 0 spiro atoms. The molecule has 378 valence electrons. The highest BCUT2D eigenvalue weighted by atomic mass is 35.5. The van der Waals surface area contributed by atoms with Crippen LogP contribution in [0.15, 0.2) is 72.5 Å². The van der Waals surface area contributed by atoms with E-state index >= 15 is 0 Å². The summed E-state index contributed by atoms with van der Waals surface area (Å²) in [4.78, 5) is 75.7. The molecule has 2 saturated heterocycles. The number of aliphatic hydroxyl groups excluding tert-OH is 1. The van der Waals surface area contributed by atoms with Gasteiger partial charge in [0.05, 0.1) is 48.6 Å². The number of hydrogen-bond donors (Lipinski definition) is 6. The van der Waals surface area contributed by atoms with Gasteiger partial charge in [-0.05, 0) is 49.1 Å². The smallest absolute Gasteiger partial charge is 0.327 e. The number of aliphatic hydroxyl groups is 2. The maximum absolute atomic E-state index is 14.3.